The molecule has 1 atom stereocenters. The number of nitrogens with one attached hydrogen (secondary N) is 1. The minimum Gasteiger partial charge on any atom is -0.497 e. The maximum absolute atomic E-state index is 14.1. The van der Waals surface area contributed by atoms with E-state index in [9.17, 15) is 14.0 Å². The molecule has 5 rings (SSSR count). The lowest BCUT2D eigenvalue weighted by Gasteiger charge is -2.32. The van der Waals surface area contributed by atoms with Gasteiger partial charge in [-0.2, -0.15) is 0 Å². The molecule has 1 aliphatic rings. The summed E-state index contributed by atoms with van der Waals surface area (Å²) in [4.78, 5) is 38.3. The van der Waals surface area contributed by atoms with Crippen molar-refractivity contribution in [3.8, 4) is 17.2 Å². The van der Waals surface area contributed by atoms with Crippen LogP contribution in [0.2, 0.25) is 0 Å². The predicted molar refractivity (Wildman–Crippen MR) is 156 cm³/mol. The number of hydrogen-bond donors (Lipinski definition) is 1. The molecule has 0 bridgehead atoms. The molecule has 1 unspecified atom stereocenters. The van der Waals surface area contributed by atoms with E-state index in [1.165, 1.54) is 35.9 Å². The fraction of sp³-hybridized carbons (Fsp3) is 0.226. The van der Waals surface area contributed by atoms with Crippen LogP contribution >= 0.6 is 11.8 Å². The highest BCUT2D eigenvalue weighted by Gasteiger charge is 2.32. The third-order valence-electron chi connectivity index (χ3n) is 6.48. The molecule has 0 fully saturated rings. The van der Waals surface area contributed by atoms with E-state index in [1.807, 2.05) is 19.9 Å². The molecule has 0 spiro atoms. The predicted octanol–water partition coefficient (Wildman–Crippen LogP) is 5.47. The van der Waals surface area contributed by atoms with Crippen LogP contribution in [0.5, 0.6) is 17.2 Å². The Morgan fingerprint density at radius 2 is 1.74 bits per heavy atom. The molecule has 0 aliphatic carbocycles. The highest BCUT2D eigenvalue weighted by atomic mass is 32.2. The van der Waals surface area contributed by atoms with E-state index in [1.54, 1.807) is 54.6 Å². The van der Waals surface area contributed by atoms with Gasteiger partial charge in [0.1, 0.15) is 17.6 Å². The second-order valence-electron chi connectivity index (χ2n) is 9.61. The van der Waals surface area contributed by atoms with Crippen LogP contribution in [0.15, 0.2) is 78.0 Å². The zero-order valence-electron chi connectivity index (χ0n) is 23.3. The SMILES string of the molecule is COc1cccc(C(C(=O)Nc2ccc3c(c2)OCO3)N(Cc2ccc(F)cc2)C(=O)CSc2nc(C)cc(C)n2)c1. The van der Waals surface area contributed by atoms with Crippen LogP contribution in [0, 0.1) is 19.7 Å². The van der Waals surface area contributed by atoms with Crippen molar-refractivity contribution in [3.05, 3.63) is 101 Å². The zero-order chi connectivity index (χ0) is 29.6. The highest BCUT2D eigenvalue weighted by Crippen LogP contribution is 2.35. The monoisotopic (exact) mass is 588 g/mol. The normalized spacial score (nSPS) is 12.5. The molecule has 0 saturated heterocycles. The zero-order valence-corrected chi connectivity index (χ0v) is 24.1. The standard InChI is InChI=1S/C31H29FN4O5S/c1-19-13-20(2)34-31(33-19)42-17-28(37)36(16-21-7-9-23(32)10-8-21)29(22-5-4-6-25(14-22)39-3)30(38)35-24-11-12-26-27(15-24)41-18-40-26/h4-15,29H,16-18H2,1-3H3,(H,35,38). The van der Waals surface area contributed by atoms with E-state index in [4.69, 9.17) is 14.2 Å². The van der Waals surface area contributed by atoms with Gasteiger partial charge in [0.15, 0.2) is 16.7 Å². The quantitative estimate of drug-likeness (QED) is 0.192. The molecule has 0 saturated carbocycles. The number of aromatic nitrogens is 2. The summed E-state index contributed by atoms with van der Waals surface area (Å²) in [5.41, 5.74) is 3.25. The first kappa shape index (κ1) is 28.9. The Morgan fingerprint density at radius 3 is 2.48 bits per heavy atom. The van der Waals surface area contributed by atoms with E-state index in [0.29, 0.717) is 39.2 Å². The van der Waals surface area contributed by atoms with Gasteiger partial charge in [-0.1, -0.05) is 36.0 Å². The van der Waals surface area contributed by atoms with Gasteiger partial charge in [-0.25, -0.2) is 14.4 Å². The highest BCUT2D eigenvalue weighted by molar-refractivity contribution is 7.99. The van der Waals surface area contributed by atoms with Crippen molar-refractivity contribution < 1.29 is 28.2 Å². The molecular weight excluding hydrogens is 559 g/mol. The number of nitrogens with zero attached hydrogens (tertiary/aromatic N) is 3. The fourth-order valence-electron chi connectivity index (χ4n) is 4.55. The second-order valence-corrected chi connectivity index (χ2v) is 10.5. The number of benzene rings is 3. The molecule has 1 aliphatic heterocycles. The summed E-state index contributed by atoms with van der Waals surface area (Å²) in [6, 6.07) is 18.7. The van der Waals surface area contributed by atoms with E-state index in [2.05, 4.69) is 15.3 Å². The molecule has 0 radical (unpaired) electrons. The molecule has 216 valence electrons. The van der Waals surface area contributed by atoms with Gasteiger partial charge in [-0.3, -0.25) is 9.59 Å². The first-order valence-corrected chi connectivity index (χ1v) is 14.1. The maximum Gasteiger partial charge on any atom is 0.251 e. The van der Waals surface area contributed by atoms with Gasteiger partial charge in [0, 0.05) is 29.7 Å². The lowest BCUT2D eigenvalue weighted by atomic mass is 10.0. The van der Waals surface area contributed by atoms with Crippen molar-refractivity contribution in [2.75, 3.05) is 25.0 Å². The Kier molecular flexibility index (Phi) is 8.87. The van der Waals surface area contributed by atoms with Crippen molar-refractivity contribution in [2.45, 2.75) is 31.6 Å². The molecule has 2 heterocycles. The molecule has 2 amide bonds. The first-order chi connectivity index (χ1) is 20.3. The maximum atomic E-state index is 14.1. The number of anilines is 1. The fourth-order valence-corrected chi connectivity index (χ4v) is 5.38. The molecule has 42 heavy (non-hydrogen) atoms. The molecule has 1 aromatic heterocycles. The average molecular weight is 589 g/mol. The Balaban J connectivity index is 1.50. The number of amides is 2. The Morgan fingerprint density at radius 1 is 1.00 bits per heavy atom. The molecule has 3 aromatic carbocycles. The number of fused-ring (bicyclic) bond motifs is 1. The number of rotatable bonds is 10. The number of carbonyl (C=O) groups is 2. The summed E-state index contributed by atoms with van der Waals surface area (Å²) in [5, 5.41) is 3.39. The summed E-state index contributed by atoms with van der Waals surface area (Å²) in [6.07, 6.45) is 0. The number of carbonyl (C=O) groups excluding carboxylic acids is 2. The summed E-state index contributed by atoms with van der Waals surface area (Å²) < 4.78 is 30.0. The van der Waals surface area contributed by atoms with E-state index in [0.717, 1.165) is 11.4 Å². The van der Waals surface area contributed by atoms with Crippen molar-refractivity contribution in [3.63, 3.8) is 0 Å². The Labute approximate surface area is 247 Å². The third kappa shape index (κ3) is 6.98. The van der Waals surface area contributed by atoms with Crippen molar-refractivity contribution in [1.82, 2.24) is 14.9 Å². The van der Waals surface area contributed by atoms with Crippen LogP contribution < -0.4 is 19.5 Å². The van der Waals surface area contributed by atoms with E-state index in [-0.39, 0.29) is 25.0 Å². The molecular formula is C31H29FN4O5S. The molecule has 9 nitrogen and oxygen atoms in total. The van der Waals surface area contributed by atoms with Gasteiger partial charge < -0.3 is 24.4 Å². The third-order valence-corrected chi connectivity index (χ3v) is 7.31. The van der Waals surface area contributed by atoms with Crippen LogP contribution in [-0.4, -0.2) is 46.3 Å². The molecule has 11 heteroatoms. The first-order valence-electron chi connectivity index (χ1n) is 13.1. The van der Waals surface area contributed by atoms with Crippen LogP contribution in [-0.2, 0) is 16.1 Å². The number of methoxy groups -OCH3 is 1. The van der Waals surface area contributed by atoms with Crippen LogP contribution in [0.25, 0.3) is 0 Å². The molecule has 4 aromatic rings. The summed E-state index contributed by atoms with van der Waals surface area (Å²) in [7, 11) is 1.53. The Hall–Kier alpha value is -4.64. The van der Waals surface area contributed by atoms with Crippen LogP contribution in [0.1, 0.15) is 28.6 Å². The van der Waals surface area contributed by atoms with Crippen molar-refractivity contribution in [2.24, 2.45) is 0 Å². The Bertz CT molecular complexity index is 1580. The van der Waals surface area contributed by atoms with Gasteiger partial charge >= 0.3 is 0 Å². The van der Waals surface area contributed by atoms with E-state index < -0.39 is 17.8 Å². The number of thioether (sulfide) groups is 1. The lowest BCUT2D eigenvalue weighted by Crippen LogP contribution is -2.41. The van der Waals surface area contributed by atoms with Crippen molar-refractivity contribution in [1.29, 1.82) is 0 Å². The topological polar surface area (TPSA) is 103 Å². The van der Waals surface area contributed by atoms with Crippen molar-refractivity contribution >= 4 is 29.3 Å². The van der Waals surface area contributed by atoms with E-state index >= 15 is 0 Å². The number of aryl methyl sites for hydroxylation is 2. The minimum atomic E-state index is -1.07. The minimum absolute atomic E-state index is 0.0259. The van der Waals surface area contributed by atoms with Gasteiger partial charge in [0.2, 0.25) is 12.7 Å². The van der Waals surface area contributed by atoms with Crippen LogP contribution in [0.3, 0.4) is 0 Å². The number of halogens is 1. The lowest BCUT2D eigenvalue weighted by molar-refractivity contribution is -0.137. The largest absolute Gasteiger partial charge is 0.497 e. The summed E-state index contributed by atoms with van der Waals surface area (Å²) in [6.45, 7) is 3.87. The van der Waals surface area contributed by atoms with Crippen LogP contribution in [0.4, 0.5) is 10.1 Å². The smallest absolute Gasteiger partial charge is 0.251 e. The van der Waals surface area contributed by atoms with Gasteiger partial charge in [-0.05, 0) is 67.4 Å². The summed E-state index contributed by atoms with van der Waals surface area (Å²) in [5.74, 6) is 0.406. The van der Waals surface area contributed by atoms with Gasteiger partial charge in [0.25, 0.3) is 5.91 Å². The average Bonchev–Trinajstić information content (AvgIpc) is 3.44. The molecule has 1 N–H and O–H groups in total. The summed E-state index contributed by atoms with van der Waals surface area (Å²) >= 11 is 1.19. The number of hydrogen-bond acceptors (Lipinski definition) is 8. The second kappa shape index (κ2) is 12.9. The van der Waals surface area contributed by atoms with Gasteiger partial charge in [-0.15, -0.1) is 0 Å². The number of ether oxygens (including phenoxy) is 3. The van der Waals surface area contributed by atoms with Gasteiger partial charge in [0.05, 0.1) is 12.9 Å².